The third-order valence-corrected chi connectivity index (χ3v) is 8.07. The molecule has 0 amide bonds. The number of hydrogen-bond donors (Lipinski definition) is 1. The quantitative estimate of drug-likeness (QED) is 0.516. The van der Waals surface area contributed by atoms with E-state index in [1.165, 1.54) is 56.2 Å². The molecule has 0 aromatic heterocycles. The summed E-state index contributed by atoms with van der Waals surface area (Å²) in [6.45, 7) is 1.20. The minimum Gasteiger partial charge on any atom is -0.493 e. The molecule has 4 bridgehead atoms. The van der Waals surface area contributed by atoms with Crippen LogP contribution in [0.5, 0.6) is 11.5 Å². The molecule has 1 N–H and O–H groups in total. The Morgan fingerprint density at radius 1 is 1.00 bits per heavy atom. The van der Waals surface area contributed by atoms with Gasteiger partial charge in [-0.3, -0.25) is 0 Å². The molecule has 5 heteroatoms. The van der Waals surface area contributed by atoms with E-state index in [2.05, 4.69) is 27.3 Å². The standard InChI is InChI=1S/C25H29BrFNO2/c1-29-23-9-20(14-28-25-11-17-6-18(12-25)8-19(7-17)13-25)22(26)10-24(23)30-15-16-2-4-21(27)5-3-16/h2-5,9-10,17-19,28H,6-8,11-15H2,1H3. The van der Waals surface area contributed by atoms with Crippen molar-refractivity contribution in [3.63, 3.8) is 0 Å². The lowest BCUT2D eigenvalue weighted by molar-refractivity contribution is -0.0206. The Bertz CT molecular complexity index is 879. The van der Waals surface area contributed by atoms with Gasteiger partial charge in [-0.05, 0) is 91.7 Å². The molecular formula is C25H29BrFNO2. The molecule has 2 aromatic carbocycles. The Hall–Kier alpha value is -1.59. The Labute approximate surface area is 186 Å². The van der Waals surface area contributed by atoms with Crippen LogP contribution in [-0.2, 0) is 13.2 Å². The average molecular weight is 474 g/mol. The summed E-state index contributed by atoms with van der Waals surface area (Å²) >= 11 is 3.73. The second kappa shape index (κ2) is 8.16. The van der Waals surface area contributed by atoms with Gasteiger partial charge < -0.3 is 14.8 Å². The molecule has 3 nitrogen and oxygen atoms in total. The maximum Gasteiger partial charge on any atom is 0.162 e. The molecule has 4 saturated carbocycles. The van der Waals surface area contributed by atoms with Crippen molar-refractivity contribution in [1.29, 1.82) is 0 Å². The third-order valence-electron chi connectivity index (χ3n) is 7.33. The summed E-state index contributed by atoms with van der Waals surface area (Å²) in [6.07, 6.45) is 8.39. The predicted molar refractivity (Wildman–Crippen MR) is 119 cm³/mol. The molecule has 30 heavy (non-hydrogen) atoms. The SMILES string of the molecule is COc1cc(CNC23CC4CC(CC(C4)C2)C3)c(Br)cc1OCc1ccc(F)cc1. The molecule has 4 aliphatic carbocycles. The van der Waals surface area contributed by atoms with E-state index in [4.69, 9.17) is 9.47 Å². The summed E-state index contributed by atoms with van der Waals surface area (Å²) in [5, 5.41) is 3.96. The Balaban J connectivity index is 1.27. The topological polar surface area (TPSA) is 30.5 Å². The van der Waals surface area contributed by atoms with Crippen LogP contribution in [0.4, 0.5) is 4.39 Å². The van der Waals surface area contributed by atoms with Gasteiger partial charge in [0.05, 0.1) is 7.11 Å². The molecule has 4 fully saturated rings. The highest BCUT2D eigenvalue weighted by atomic mass is 79.9. The van der Waals surface area contributed by atoms with Crippen LogP contribution in [0.1, 0.15) is 49.7 Å². The molecule has 160 valence electrons. The van der Waals surface area contributed by atoms with E-state index in [-0.39, 0.29) is 5.82 Å². The molecular weight excluding hydrogens is 445 g/mol. The number of rotatable bonds is 7. The monoisotopic (exact) mass is 473 g/mol. The molecule has 0 unspecified atom stereocenters. The van der Waals surface area contributed by atoms with Gasteiger partial charge in [-0.1, -0.05) is 28.1 Å². The first-order valence-corrected chi connectivity index (χ1v) is 11.8. The number of methoxy groups -OCH3 is 1. The summed E-state index contributed by atoms with van der Waals surface area (Å²) in [7, 11) is 1.67. The first kappa shape index (κ1) is 20.3. The van der Waals surface area contributed by atoms with Crippen molar-refractivity contribution >= 4 is 15.9 Å². The lowest BCUT2D eigenvalue weighted by Crippen LogP contribution is -2.58. The second-order valence-electron chi connectivity index (χ2n) is 9.56. The fourth-order valence-corrected chi connectivity index (χ4v) is 6.80. The number of ether oxygens (including phenoxy) is 2. The van der Waals surface area contributed by atoms with Gasteiger partial charge in [-0.15, -0.1) is 0 Å². The van der Waals surface area contributed by atoms with Gasteiger partial charge in [0.15, 0.2) is 11.5 Å². The van der Waals surface area contributed by atoms with E-state index in [0.29, 0.717) is 17.9 Å². The zero-order valence-electron chi connectivity index (χ0n) is 17.4. The maximum atomic E-state index is 13.1. The van der Waals surface area contributed by atoms with E-state index < -0.39 is 0 Å². The van der Waals surface area contributed by atoms with Crippen LogP contribution >= 0.6 is 15.9 Å². The first-order valence-electron chi connectivity index (χ1n) is 11.0. The Morgan fingerprint density at radius 2 is 1.63 bits per heavy atom. The van der Waals surface area contributed by atoms with Crippen molar-refractivity contribution in [3.05, 3.63) is 57.8 Å². The number of benzene rings is 2. The van der Waals surface area contributed by atoms with Crippen LogP contribution < -0.4 is 14.8 Å². The van der Waals surface area contributed by atoms with Gasteiger partial charge in [0.25, 0.3) is 0 Å². The fraction of sp³-hybridized carbons (Fsp3) is 0.520. The summed E-state index contributed by atoms with van der Waals surface area (Å²) in [5.74, 6) is 3.97. The molecule has 2 aromatic rings. The minimum atomic E-state index is -0.241. The van der Waals surface area contributed by atoms with Crippen LogP contribution in [0.2, 0.25) is 0 Å². The van der Waals surface area contributed by atoms with Gasteiger partial charge >= 0.3 is 0 Å². The highest BCUT2D eigenvalue weighted by Crippen LogP contribution is 2.55. The number of halogens is 2. The van der Waals surface area contributed by atoms with Gasteiger partial charge in [0.1, 0.15) is 12.4 Å². The van der Waals surface area contributed by atoms with Crippen LogP contribution in [0.3, 0.4) is 0 Å². The van der Waals surface area contributed by atoms with Gasteiger partial charge in [0.2, 0.25) is 0 Å². The van der Waals surface area contributed by atoms with Crippen LogP contribution in [0.25, 0.3) is 0 Å². The molecule has 0 saturated heterocycles. The summed E-state index contributed by atoms with van der Waals surface area (Å²) < 4.78 is 25.7. The third kappa shape index (κ3) is 4.11. The molecule has 0 atom stereocenters. The van der Waals surface area contributed by atoms with Crippen molar-refractivity contribution in [1.82, 2.24) is 5.32 Å². The smallest absolute Gasteiger partial charge is 0.162 e. The van der Waals surface area contributed by atoms with Gasteiger partial charge in [-0.25, -0.2) is 4.39 Å². The average Bonchev–Trinajstić information content (AvgIpc) is 2.71. The Kier molecular flexibility index (Phi) is 5.53. The lowest BCUT2D eigenvalue weighted by Gasteiger charge is -2.57. The van der Waals surface area contributed by atoms with Crippen LogP contribution in [0.15, 0.2) is 40.9 Å². The zero-order chi connectivity index (χ0) is 20.7. The predicted octanol–water partition coefficient (Wildman–Crippen LogP) is 6.23. The molecule has 0 spiro atoms. The van der Waals surface area contributed by atoms with E-state index in [1.807, 2.05) is 6.07 Å². The number of hydrogen-bond acceptors (Lipinski definition) is 3. The molecule has 0 radical (unpaired) electrons. The summed E-state index contributed by atoms with van der Waals surface area (Å²) in [5.41, 5.74) is 2.44. The lowest BCUT2D eigenvalue weighted by atomic mass is 9.53. The maximum absolute atomic E-state index is 13.1. The van der Waals surface area contributed by atoms with Crippen molar-refractivity contribution in [3.8, 4) is 11.5 Å². The normalized spacial score (nSPS) is 29.2. The Morgan fingerprint density at radius 3 is 2.23 bits per heavy atom. The second-order valence-corrected chi connectivity index (χ2v) is 10.4. The molecule has 6 rings (SSSR count). The largest absolute Gasteiger partial charge is 0.493 e. The van der Waals surface area contributed by atoms with Gasteiger partial charge in [0, 0.05) is 16.6 Å². The zero-order valence-corrected chi connectivity index (χ0v) is 19.0. The van der Waals surface area contributed by atoms with Crippen molar-refractivity contribution in [2.24, 2.45) is 17.8 Å². The fourth-order valence-electron chi connectivity index (χ4n) is 6.34. The van der Waals surface area contributed by atoms with Crippen molar-refractivity contribution in [2.75, 3.05) is 7.11 Å². The minimum absolute atomic E-state index is 0.241. The molecule has 4 aliphatic rings. The number of nitrogens with one attached hydrogen (secondary N) is 1. The highest BCUT2D eigenvalue weighted by molar-refractivity contribution is 9.10. The highest BCUT2D eigenvalue weighted by Gasteiger charge is 2.50. The van der Waals surface area contributed by atoms with Crippen LogP contribution in [-0.4, -0.2) is 12.6 Å². The van der Waals surface area contributed by atoms with Crippen molar-refractivity contribution < 1.29 is 13.9 Å². The van der Waals surface area contributed by atoms with Crippen LogP contribution in [0, 0.1) is 23.6 Å². The van der Waals surface area contributed by atoms with E-state index in [9.17, 15) is 4.39 Å². The van der Waals surface area contributed by atoms with Gasteiger partial charge in [-0.2, -0.15) is 0 Å². The van der Waals surface area contributed by atoms with E-state index >= 15 is 0 Å². The van der Waals surface area contributed by atoms with Crippen molar-refractivity contribution in [2.45, 2.75) is 57.2 Å². The van der Waals surface area contributed by atoms with E-state index in [1.54, 1.807) is 19.2 Å². The summed E-state index contributed by atoms with van der Waals surface area (Å²) in [6, 6.07) is 10.4. The molecule has 0 aliphatic heterocycles. The van der Waals surface area contributed by atoms with E-state index in [0.717, 1.165) is 40.1 Å². The first-order chi connectivity index (χ1) is 14.5. The summed E-state index contributed by atoms with van der Waals surface area (Å²) in [4.78, 5) is 0. The molecule has 0 heterocycles.